The second kappa shape index (κ2) is 11.3. The molecular formula is C15H24NO. The number of unbranched alkanes of at least 4 members (excludes halogenated alkanes) is 2. The third-order valence-corrected chi connectivity index (χ3v) is 2.77. The predicted molar refractivity (Wildman–Crippen MR) is 73.5 cm³/mol. The first kappa shape index (κ1) is 15.9. The van der Waals surface area contributed by atoms with E-state index in [1.54, 1.807) is 6.08 Å². The van der Waals surface area contributed by atoms with E-state index in [2.05, 4.69) is 31.5 Å². The maximum Gasteiger partial charge on any atom is 0.235 e. The second-order valence-corrected chi connectivity index (χ2v) is 4.34. The summed E-state index contributed by atoms with van der Waals surface area (Å²) in [6, 6.07) is 0.0324. The summed E-state index contributed by atoms with van der Waals surface area (Å²) in [6.07, 6.45) is 13.8. The fraction of sp³-hybridized carbons (Fsp3) is 0.600. The zero-order valence-electron chi connectivity index (χ0n) is 10.9. The van der Waals surface area contributed by atoms with Crippen molar-refractivity contribution in [2.24, 2.45) is 10.9 Å². The molecule has 0 aromatic carbocycles. The monoisotopic (exact) mass is 234 g/mol. The van der Waals surface area contributed by atoms with Crippen molar-refractivity contribution in [3.05, 3.63) is 31.7 Å². The molecule has 0 heterocycles. The minimum absolute atomic E-state index is 0.0324. The Morgan fingerprint density at radius 2 is 1.94 bits per heavy atom. The summed E-state index contributed by atoms with van der Waals surface area (Å²) in [5, 5.41) is 0. The van der Waals surface area contributed by atoms with Crippen molar-refractivity contribution < 1.29 is 4.79 Å². The van der Waals surface area contributed by atoms with Crippen molar-refractivity contribution >= 4 is 6.08 Å². The molecule has 0 fully saturated rings. The summed E-state index contributed by atoms with van der Waals surface area (Å²) in [4.78, 5) is 14.2. The van der Waals surface area contributed by atoms with E-state index in [4.69, 9.17) is 0 Å². The summed E-state index contributed by atoms with van der Waals surface area (Å²) in [7, 11) is 0. The maximum absolute atomic E-state index is 10.3. The maximum atomic E-state index is 10.3. The van der Waals surface area contributed by atoms with Crippen molar-refractivity contribution in [3.63, 3.8) is 0 Å². The zero-order chi connectivity index (χ0) is 12.9. The van der Waals surface area contributed by atoms with Gasteiger partial charge in [-0.2, -0.15) is 0 Å². The molecule has 0 amide bonds. The molecule has 0 rings (SSSR count). The highest BCUT2D eigenvalue weighted by Gasteiger charge is 2.13. The van der Waals surface area contributed by atoms with Crippen LogP contribution in [0.3, 0.4) is 0 Å². The molecule has 1 radical (unpaired) electrons. The molecule has 2 heteroatoms. The summed E-state index contributed by atoms with van der Waals surface area (Å²) < 4.78 is 0. The smallest absolute Gasteiger partial charge is 0.211 e. The average Bonchev–Trinajstić information content (AvgIpc) is 2.30. The lowest BCUT2D eigenvalue weighted by atomic mass is 9.90. The summed E-state index contributed by atoms with van der Waals surface area (Å²) in [6.45, 7) is 9.66. The lowest BCUT2D eigenvalue weighted by Crippen LogP contribution is -2.11. The number of hydrogen-bond acceptors (Lipinski definition) is 2. The standard InChI is InChI=1S/C15H24NO/c1-4-7-8-11-14(9-5-2)12-15(10-6-3)16-13-17/h5-6,8,14-15H,2-4,7,9-12H2,1H3. The normalized spacial score (nSPS) is 13.5. The SMILES string of the molecule is C=CCC(C[CH]CCC)CC(CC=C)N=C=O. The van der Waals surface area contributed by atoms with E-state index in [0.29, 0.717) is 5.92 Å². The van der Waals surface area contributed by atoms with E-state index in [0.717, 1.165) is 32.1 Å². The van der Waals surface area contributed by atoms with Crippen LogP contribution in [0.2, 0.25) is 0 Å². The number of hydrogen-bond donors (Lipinski definition) is 0. The van der Waals surface area contributed by atoms with Crippen LogP contribution in [0.4, 0.5) is 0 Å². The molecule has 0 saturated heterocycles. The van der Waals surface area contributed by atoms with Crippen molar-refractivity contribution in [1.29, 1.82) is 0 Å². The molecule has 0 N–H and O–H groups in total. The first-order chi connectivity index (χ1) is 8.28. The van der Waals surface area contributed by atoms with Crippen molar-refractivity contribution in [1.82, 2.24) is 0 Å². The molecule has 0 aromatic heterocycles. The summed E-state index contributed by atoms with van der Waals surface area (Å²) in [5.41, 5.74) is 0. The summed E-state index contributed by atoms with van der Waals surface area (Å²) in [5.74, 6) is 0.529. The molecule has 2 atom stereocenters. The number of nitrogens with zero attached hydrogens (tertiary/aromatic N) is 1. The van der Waals surface area contributed by atoms with Gasteiger partial charge in [0.2, 0.25) is 6.08 Å². The van der Waals surface area contributed by atoms with Crippen molar-refractivity contribution in [3.8, 4) is 0 Å². The molecule has 0 aliphatic carbocycles. The van der Waals surface area contributed by atoms with Gasteiger partial charge in [0, 0.05) is 0 Å². The van der Waals surface area contributed by atoms with E-state index in [-0.39, 0.29) is 6.04 Å². The van der Waals surface area contributed by atoms with Gasteiger partial charge in [-0.15, -0.1) is 13.2 Å². The molecule has 17 heavy (non-hydrogen) atoms. The predicted octanol–water partition coefficient (Wildman–Crippen LogP) is 4.24. The molecule has 0 spiro atoms. The zero-order valence-corrected chi connectivity index (χ0v) is 10.9. The van der Waals surface area contributed by atoms with E-state index in [1.807, 2.05) is 12.2 Å². The van der Waals surface area contributed by atoms with E-state index < -0.39 is 0 Å². The van der Waals surface area contributed by atoms with Crippen LogP contribution in [-0.2, 0) is 4.79 Å². The highest BCUT2D eigenvalue weighted by molar-refractivity contribution is 5.33. The minimum Gasteiger partial charge on any atom is -0.211 e. The van der Waals surface area contributed by atoms with Crippen LogP contribution in [0.15, 0.2) is 30.3 Å². The van der Waals surface area contributed by atoms with Crippen molar-refractivity contribution in [2.75, 3.05) is 0 Å². The van der Waals surface area contributed by atoms with Crippen LogP contribution >= 0.6 is 0 Å². The Kier molecular flexibility index (Phi) is 10.6. The highest BCUT2D eigenvalue weighted by atomic mass is 16.1. The van der Waals surface area contributed by atoms with Gasteiger partial charge >= 0.3 is 0 Å². The van der Waals surface area contributed by atoms with Gasteiger partial charge in [-0.05, 0) is 38.0 Å². The Labute approximate surface area is 106 Å². The first-order valence-electron chi connectivity index (χ1n) is 6.38. The lowest BCUT2D eigenvalue weighted by molar-refractivity contribution is 0.426. The fourth-order valence-electron chi connectivity index (χ4n) is 1.94. The van der Waals surface area contributed by atoms with Gasteiger partial charge in [0.25, 0.3) is 0 Å². The summed E-state index contributed by atoms with van der Waals surface area (Å²) >= 11 is 0. The lowest BCUT2D eigenvalue weighted by Gasteiger charge is -2.18. The molecular weight excluding hydrogens is 210 g/mol. The van der Waals surface area contributed by atoms with Gasteiger partial charge in [0.1, 0.15) is 0 Å². The van der Waals surface area contributed by atoms with Crippen LogP contribution in [0, 0.1) is 12.3 Å². The third kappa shape index (κ3) is 8.65. The number of rotatable bonds is 11. The van der Waals surface area contributed by atoms with Gasteiger partial charge < -0.3 is 0 Å². The molecule has 0 aliphatic rings. The Bertz CT molecular complexity index is 254. The number of aliphatic imine (C=N–C) groups is 1. The average molecular weight is 234 g/mol. The van der Waals surface area contributed by atoms with E-state index in [9.17, 15) is 4.79 Å². The molecule has 0 aliphatic heterocycles. The molecule has 0 aromatic rings. The van der Waals surface area contributed by atoms with Crippen LogP contribution in [-0.4, -0.2) is 12.1 Å². The van der Waals surface area contributed by atoms with Gasteiger partial charge in [-0.25, -0.2) is 9.79 Å². The molecule has 95 valence electrons. The quantitative estimate of drug-likeness (QED) is 0.227. The second-order valence-electron chi connectivity index (χ2n) is 4.34. The number of carbonyl (C=O) groups excluding carboxylic acids is 1. The number of isocyanates is 1. The van der Waals surface area contributed by atoms with Gasteiger partial charge in [0.15, 0.2) is 0 Å². The van der Waals surface area contributed by atoms with Crippen LogP contribution in [0.25, 0.3) is 0 Å². The fourth-order valence-corrected chi connectivity index (χ4v) is 1.94. The van der Waals surface area contributed by atoms with Gasteiger partial charge in [0.05, 0.1) is 6.04 Å². The molecule has 0 saturated carbocycles. The third-order valence-electron chi connectivity index (χ3n) is 2.77. The Balaban J connectivity index is 4.21. The van der Waals surface area contributed by atoms with E-state index >= 15 is 0 Å². The van der Waals surface area contributed by atoms with Crippen LogP contribution < -0.4 is 0 Å². The van der Waals surface area contributed by atoms with Gasteiger partial charge in [-0.1, -0.05) is 31.9 Å². The van der Waals surface area contributed by atoms with Crippen LogP contribution in [0.5, 0.6) is 0 Å². The topological polar surface area (TPSA) is 29.4 Å². The molecule has 0 bridgehead atoms. The Morgan fingerprint density at radius 3 is 2.47 bits per heavy atom. The van der Waals surface area contributed by atoms with Crippen molar-refractivity contribution in [2.45, 2.75) is 51.5 Å². The van der Waals surface area contributed by atoms with E-state index in [1.165, 1.54) is 6.42 Å². The Hall–Kier alpha value is -1.14. The van der Waals surface area contributed by atoms with Crippen LogP contribution in [0.1, 0.15) is 45.4 Å². The minimum atomic E-state index is 0.0324. The number of allylic oxidation sites excluding steroid dienone is 1. The van der Waals surface area contributed by atoms with Gasteiger partial charge in [-0.3, -0.25) is 0 Å². The highest BCUT2D eigenvalue weighted by Crippen LogP contribution is 2.22. The first-order valence-corrected chi connectivity index (χ1v) is 6.38. The Morgan fingerprint density at radius 1 is 1.24 bits per heavy atom. The molecule has 2 unspecified atom stereocenters. The molecule has 2 nitrogen and oxygen atoms in total. The largest absolute Gasteiger partial charge is 0.235 e.